The Hall–Kier alpha value is -0.810. The molecule has 2 aliphatic rings. The molecule has 0 radical (unpaired) electrons. The Labute approximate surface area is 115 Å². The molecule has 3 atom stereocenters. The topological polar surface area (TPSA) is 61.8 Å². The van der Waals surface area contributed by atoms with Gasteiger partial charge < -0.3 is 20.1 Å². The summed E-state index contributed by atoms with van der Waals surface area (Å²) in [4.78, 5) is 13.9. The lowest BCUT2D eigenvalue weighted by Gasteiger charge is -2.39. The maximum atomic E-state index is 11.5. The van der Waals surface area contributed by atoms with Gasteiger partial charge in [0.15, 0.2) is 0 Å². The normalized spacial score (nSPS) is 29.8. The van der Waals surface area contributed by atoms with E-state index in [1.165, 1.54) is 12.8 Å². The van der Waals surface area contributed by atoms with E-state index in [9.17, 15) is 9.90 Å². The van der Waals surface area contributed by atoms with Crippen molar-refractivity contribution in [3.63, 3.8) is 0 Å². The van der Waals surface area contributed by atoms with Gasteiger partial charge in [0.05, 0.1) is 12.7 Å². The van der Waals surface area contributed by atoms with Crippen molar-refractivity contribution in [1.29, 1.82) is 0 Å². The van der Waals surface area contributed by atoms with Crippen molar-refractivity contribution >= 4 is 6.09 Å². The van der Waals surface area contributed by atoms with Crippen LogP contribution in [0, 0.1) is 11.8 Å². The summed E-state index contributed by atoms with van der Waals surface area (Å²) in [5, 5.41) is 12.7. The largest absolute Gasteiger partial charge is 0.450 e. The number of amides is 1. The predicted molar refractivity (Wildman–Crippen MR) is 72.9 cm³/mol. The second-order valence-electron chi connectivity index (χ2n) is 5.96. The third-order valence-electron chi connectivity index (χ3n) is 4.05. The van der Waals surface area contributed by atoms with Crippen LogP contribution in [0.2, 0.25) is 0 Å². The lowest BCUT2D eigenvalue weighted by atomic mass is 9.90. The Balaban J connectivity index is 1.87. The molecule has 0 spiro atoms. The Bertz CT molecular complexity index is 305. The molecule has 1 heterocycles. The van der Waals surface area contributed by atoms with E-state index in [1.54, 1.807) is 6.92 Å². The van der Waals surface area contributed by atoms with Gasteiger partial charge in [-0.25, -0.2) is 4.79 Å². The SMILES string of the molecule is CCOC(=O)NC1CC(C(C)O)CN(CC2CC2)C1. The van der Waals surface area contributed by atoms with E-state index in [1.807, 2.05) is 6.92 Å². The van der Waals surface area contributed by atoms with Crippen LogP contribution in [0.25, 0.3) is 0 Å². The van der Waals surface area contributed by atoms with Crippen LogP contribution in [0.5, 0.6) is 0 Å². The molecule has 1 saturated carbocycles. The average molecular weight is 270 g/mol. The van der Waals surface area contributed by atoms with Gasteiger partial charge in [0.25, 0.3) is 0 Å². The molecule has 0 aromatic heterocycles. The van der Waals surface area contributed by atoms with Crippen LogP contribution in [-0.4, -0.2) is 54.5 Å². The smallest absolute Gasteiger partial charge is 0.407 e. The second kappa shape index (κ2) is 6.57. The third kappa shape index (κ3) is 4.66. The first-order chi connectivity index (χ1) is 9.08. The lowest BCUT2D eigenvalue weighted by Crippen LogP contribution is -2.53. The van der Waals surface area contributed by atoms with Gasteiger partial charge in [0.2, 0.25) is 0 Å². The van der Waals surface area contributed by atoms with Crippen LogP contribution in [0.1, 0.15) is 33.1 Å². The van der Waals surface area contributed by atoms with Crippen LogP contribution in [0.15, 0.2) is 0 Å². The summed E-state index contributed by atoms with van der Waals surface area (Å²) in [5.74, 6) is 1.07. The van der Waals surface area contributed by atoms with Gasteiger partial charge in [-0.15, -0.1) is 0 Å². The molecule has 5 nitrogen and oxygen atoms in total. The van der Waals surface area contributed by atoms with Gasteiger partial charge in [-0.2, -0.15) is 0 Å². The summed E-state index contributed by atoms with van der Waals surface area (Å²) in [6.07, 6.45) is 2.81. The zero-order valence-electron chi connectivity index (χ0n) is 12.0. The minimum Gasteiger partial charge on any atom is -0.450 e. The number of nitrogens with one attached hydrogen (secondary N) is 1. The number of likely N-dealkylation sites (tertiary alicyclic amines) is 1. The van der Waals surface area contributed by atoms with E-state index in [2.05, 4.69) is 10.2 Å². The molecule has 5 heteroatoms. The molecule has 110 valence electrons. The highest BCUT2D eigenvalue weighted by molar-refractivity contribution is 5.67. The van der Waals surface area contributed by atoms with Crippen molar-refractivity contribution in [3.8, 4) is 0 Å². The van der Waals surface area contributed by atoms with E-state index in [0.29, 0.717) is 6.61 Å². The molecule has 0 aromatic rings. The fourth-order valence-electron chi connectivity index (χ4n) is 2.84. The summed E-state index contributed by atoms with van der Waals surface area (Å²) < 4.78 is 4.94. The molecular weight excluding hydrogens is 244 g/mol. The number of alkyl carbamates (subject to hydrolysis) is 1. The number of piperidine rings is 1. The summed E-state index contributed by atoms with van der Waals surface area (Å²) in [6, 6.07) is 0.0890. The van der Waals surface area contributed by atoms with E-state index < -0.39 is 0 Å². The van der Waals surface area contributed by atoms with Crippen molar-refractivity contribution in [3.05, 3.63) is 0 Å². The molecule has 0 aromatic carbocycles. The number of carbonyl (C=O) groups is 1. The van der Waals surface area contributed by atoms with Crippen LogP contribution >= 0.6 is 0 Å². The maximum absolute atomic E-state index is 11.5. The fraction of sp³-hybridized carbons (Fsp3) is 0.929. The average Bonchev–Trinajstić information content (AvgIpc) is 3.12. The molecular formula is C14H26N2O3. The van der Waals surface area contributed by atoms with Crippen LogP contribution in [-0.2, 0) is 4.74 Å². The quantitative estimate of drug-likeness (QED) is 0.788. The Morgan fingerprint density at radius 3 is 2.79 bits per heavy atom. The number of rotatable bonds is 5. The fourth-order valence-corrected chi connectivity index (χ4v) is 2.84. The van der Waals surface area contributed by atoms with Gasteiger partial charge in [0.1, 0.15) is 0 Å². The molecule has 1 saturated heterocycles. The molecule has 2 rings (SSSR count). The summed E-state index contributed by atoms with van der Waals surface area (Å²) in [5.41, 5.74) is 0. The van der Waals surface area contributed by atoms with E-state index in [-0.39, 0.29) is 24.2 Å². The minimum atomic E-state index is -0.342. The Morgan fingerprint density at radius 1 is 1.47 bits per heavy atom. The number of carbonyl (C=O) groups excluding carboxylic acids is 1. The van der Waals surface area contributed by atoms with E-state index >= 15 is 0 Å². The molecule has 1 aliphatic carbocycles. The predicted octanol–water partition coefficient (Wildman–Crippen LogP) is 1.21. The number of hydrogen-bond acceptors (Lipinski definition) is 4. The minimum absolute atomic E-state index is 0.0890. The first-order valence-electron chi connectivity index (χ1n) is 7.42. The third-order valence-corrected chi connectivity index (χ3v) is 4.05. The van der Waals surface area contributed by atoms with Gasteiger partial charge in [0, 0.05) is 25.7 Å². The highest BCUT2D eigenvalue weighted by Crippen LogP contribution is 2.31. The van der Waals surface area contributed by atoms with Gasteiger partial charge in [-0.05, 0) is 44.9 Å². The molecule has 1 aliphatic heterocycles. The van der Waals surface area contributed by atoms with Crippen LogP contribution in [0.4, 0.5) is 4.79 Å². The second-order valence-corrected chi connectivity index (χ2v) is 5.96. The van der Waals surface area contributed by atoms with Gasteiger partial charge >= 0.3 is 6.09 Å². The molecule has 2 N–H and O–H groups in total. The Kier molecular flexibility index (Phi) is 5.05. The van der Waals surface area contributed by atoms with Crippen LogP contribution in [0.3, 0.4) is 0 Å². The number of nitrogens with zero attached hydrogens (tertiary/aromatic N) is 1. The summed E-state index contributed by atoms with van der Waals surface area (Å²) in [7, 11) is 0. The summed E-state index contributed by atoms with van der Waals surface area (Å²) >= 11 is 0. The lowest BCUT2D eigenvalue weighted by molar-refractivity contribution is 0.0446. The zero-order valence-corrected chi connectivity index (χ0v) is 12.0. The number of aliphatic hydroxyl groups excluding tert-OH is 1. The van der Waals surface area contributed by atoms with Crippen molar-refractivity contribution in [2.75, 3.05) is 26.2 Å². The standard InChI is InChI=1S/C14H26N2O3/c1-3-19-14(18)15-13-6-12(10(2)17)8-16(9-13)7-11-4-5-11/h10-13,17H,3-9H2,1-2H3,(H,15,18). The molecule has 0 bridgehead atoms. The molecule has 19 heavy (non-hydrogen) atoms. The van der Waals surface area contributed by atoms with Crippen molar-refractivity contribution < 1.29 is 14.6 Å². The first kappa shape index (κ1) is 14.6. The number of hydrogen-bond donors (Lipinski definition) is 2. The number of ether oxygens (including phenoxy) is 1. The monoisotopic (exact) mass is 270 g/mol. The van der Waals surface area contributed by atoms with E-state index in [0.717, 1.165) is 32.0 Å². The first-order valence-corrected chi connectivity index (χ1v) is 7.42. The summed E-state index contributed by atoms with van der Waals surface area (Å²) in [6.45, 7) is 6.95. The van der Waals surface area contributed by atoms with Crippen molar-refractivity contribution in [2.45, 2.75) is 45.3 Å². The van der Waals surface area contributed by atoms with E-state index in [4.69, 9.17) is 4.74 Å². The molecule has 1 amide bonds. The maximum Gasteiger partial charge on any atom is 0.407 e. The molecule has 2 fully saturated rings. The van der Waals surface area contributed by atoms with Crippen LogP contribution < -0.4 is 5.32 Å². The van der Waals surface area contributed by atoms with Gasteiger partial charge in [-0.1, -0.05) is 0 Å². The highest BCUT2D eigenvalue weighted by Gasteiger charge is 2.33. The Morgan fingerprint density at radius 2 is 2.21 bits per heavy atom. The van der Waals surface area contributed by atoms with Crippen molar-refractivity contribution in [2.24, 2.45) is 11.8 Å². The zero-order chi connectivity index (χ0) is 13.8. The van der Waals surface area contributed by atoms with Crippen molar-refractivity contribution in [1.82, 2.24) is 10.2 Å². The molecule has 3 unspecified atom stereocenters. The van der Waals surface area contributed by atoms with Gasteiger partial charge in [-0.3, -0.25) is 0 Å². The number of aliphatic hydroxyl groups is 1. The highest BCUT2D eigenvalue weighted by atomic mass is 16.5.